The van der Waals surface area contributed by atoms with Crippen LogP contribution < -0.4 is 4.74 Å². The van der Waals surface area contributed by atoms with Crippen molar-refractivity contribution in [2.75, 3.05) is 0 Å². The first kappa shape index (κ1) is 12.5. The minimum atomic E-state index is -0.855. The van der Waals surface area contributed by atoms with Crippen molar-refractivity contribution in [1.29, 1.82) is 0 Å². The molecular weight excluding hydrogens is 262 g/mol. The molecule has 0 atom stereocenters. The maximum atomic E-state index is 13.4. The zero-order valence-corrected chi connectivity index (χ0v) is 9.75. The summed E-state index contributed by atoms with van der Waals surface area (Å²) in [5, 5.41) is 0.199. The minimum Gasteiger partial charge on any atom is -0.453 e. The van der Waals surface area contributed by atoms with Gasteiger partial charge in [0.15, 0.2) is 17.9 Å². The molecule has 0 amide bonds. The molecule has 2 nitrogen and oxygen atoms in total. The standard InChI is InChI=1S/C13H7ClF2O2/c14-10-2-1-3-12(9(10)7-17)18-13-5-4-8(15)6-11(13)16/h1-7H. The lowest BCUT2D eigenvalue weighted by Gasteiger charge is -2.09. The van der Waals surface area contributed by atoms with Gasteiger partial charge >= 0.3 is 0 Å². The topological polar surface area (TPSA) is 26.3 Å². The summed E-state index contributed by atoms with van der Waals surface area (Å²) in [6, 6.07) is 7.44. The molecule has 0 saturated heterocycles. The molecule has 0 aliphatic rings. The van der Waals surface area contributed by atoms with E-state index in [4.69, 9.17) is 16.3 Å². The van der Waals surface area contributed by atoms with Gasteiger partial charge in [0, 0.05) is 6.07 Å². The van der Waals surface area contributed by atoms with E-state index < -0.39 is 11.6 Å². The van der Waals surface area contributed by atoms with E-state index >= 15 is 0 Å². The van der Waals surface area contributed by atoms with Gasteiger partial charge in [-0.15, -0.1) is 0 Å². The van der Waals surface area contributed by atoms with Crippen LogP contribution in [-0.2, 0) is 0 Å². The highest BCUT2D eigenvalue weighted by atomic mass is 35.5. The summed E-state index contributed by atoms with van der Waals surface area (Å²) in [6.45, 7) is 0. The first-order valence-corrected chi connectivity index (χ1v) is 5.36. The molecule has 0 unspecified atom stereocenters. The van der Waals surface area contributed by atoms with Crippen molar-refractivity contribution in [3.8, 4) is 11.5 Å². The molecule has 0 fully saturated rings. The van der Waals surface area contributed by atoms with Crippen molar-refractivity contribution in [2.45, 2.75) is 0 Å². The van der Waals surface area contributed by atoms with Crippen LogP contribution in [0.15, 0.2) is 36.4 Å². The molecule has 0 spiro atoms. The number of rotatable bonds is 3. The molecule has 0 saturated carbocycles. The van der Waals surface area contributed by atoms with Crippen LogP contribution in [0.3, 0.4) is 0 Å². The normalized spacial score (nSPS) is 10.2. The van der Waals surface area contributed by atoms with Gasteiger partial charge in [0.05, 0.1) is 10.6 Å². The van der Waals surface area contributed by atoms with Crippen LogP contribution in [0.1, 0.15) is 10.4 Å². The second-order valence-corrected chi connectivity index (χ2v) is 3.85. The summed E-state index contributed by atoms with van der Waals surface area (Å²) in [5.41, 5.74) is 0.114. The highest BCUT2D eigenvalue weighted by Crippen LogP contribution is 2.30. The van der Waals surface area contributed by atoms with E-state index in [1.807, 2.05) is 0 Å². The number of carbonyl (C=O) groups is 1. The Balaban J connectivity index is 2.40. The fourth-order valence-electron chi connectivity index (χ4n) is 1.40. The number of ether oxygens (including phenoxy) is 1. The van der Waals surface area contributed by atoms with E-state index in [0.29, 0.717) is 12.4 Å². The maximum absolute atomic E-state index is 13.4. The Morgan fingerprint density at radius 3 is 2.56 bits per heavy atom. The third kappa shape index (κ3) is 2.49. The summed E-state index contributed by atoms with van der Waals surface area (Å²) in [5.74, 6) is -1.63. The van der Waals surface area contributed by atoms with Gasteiger partial charge < -0.3 is 4.74 Å². The number of benzene rings is 2. The van der Waals surface area contributed by atoms with Gasteiger partial charge in [0.2, 0.25) is 0 Å². The lowest BCUT2D eigenvalue weighted by molar-refractivity contribution is 0.112. The first-order valence-electron chi connectivity index (χ1n) is 4.98. The maximum Gasteiger partial charge on any atom is 0.168 e. The number of aldehydes is 1. The predicted octanol–water partition coefficient (Wildman–Crippen LogP) is 4.22. The minimum absolute atomic E-state index is 0.114. The van der Waals surface area contributed by atoms with Crippen LogP contribution in [0.4, 0.5) is 8.78 Å². The Hall–Kier alpha value is -1.94. The van der Waals surface area contributed by atoms with Gasteiger partial charge in [0.1, 0.15) is 11.6 Å². The molecule has 0 aliphatic carbocycles. The van der Waals surface area contributed by atoms with Crippen molar-refractivity contribution in [3.05, 3.63) is 58.6 Å². The molecule has 5 heteroatoms. The number of hydrogen-bond acceptors (Lipinski definition) is 2. The highest BCUT2D eigenvalue weighted by Gasteiger charge is 2.11. The molecule has 0 N–H and O–H groups in total. The molecule has 18 heavy (non-hydrogen) atoms. The average molecular weight is 269 g/mol. The van der Waals surface area contributed by atoms with E-state index in [2.05, 4.69) is 0 Å². The third-order valence-corrected chi connectivity index (χ3v) is 2.57. The molecule has 0 aliphatic heterocycles. The van der Waals surface area contributed by atoms with Gasteiger partial charge in [-0.1, -0.05) is 17.7 Å². The smallest absolute Gasteiger partial charge is 0.168 e. The highest BCUT2D eigenvalue weighted by molar-refractivity contribution is 6.33. The molecule has 2 aromatic rings. The number of hydrogen-bond donors (Lipinski definition) is 0. The van der Waals surface area contributed by atoms with Gasteiger partial charge in [0.25, 0.3) is 0 Å². The molecule has 92 valence electrons. The van der Waals surface area contributed by atoms with E-state index in [1.54, 1.807) is 6.07 Å². The summed E-state index contributed by atoms with van der Waals surface area (Å²) >= 11 is 5.80. The summed E-state index contributed by atoms with van der Waals surface area (Å²) < 4.78 is 31.3. The van der Waals surface area contributed by atoms with E-state index in [9.17, 15) is 13.6 Å². The van der Waals surface area contributed by atoms with Crippen molar-refractivity contribution in [1.82, 2.24) is 0 Å². The number of carbonyl (C=O) groups excluding carboxylic acids is 1. The summed E-state index contributed by atoms with van der Waals surface area (Å²) in [7, 11) is 0. The Kier molecular flexibility index (Phi) is 3.58. The molecule has 2 aromatic carbocycles. The molecule has 0 heterocycles. The van der Waals surface area contributed by atoms with Crippen molar-refractivity contribution in [2.24, 2.45) is 0 Å². The molecular formula is C13H7ClF2O2. The van der Waals surface area contributed by atoms with Crippen LogP contribution in [0.2, 0.25) is 5.02 Å². The van der Waals surface area contributed by atoms with Gasteiger partial charge in [-0.25, -0.2) is 8.78 Å². The zero-order valence-electron chi connectivity index (χ0n) is 8.99. The van der Waals surface area contributed by atoms with E-state index in [1.165, 1.54) is 12.1 Å². The molecule has 0 bridgehead atoms. The average Bonchev–Trinajstić information content (AvgIpc) is 2.33. The Morgan fingerprint density at radius 2 is 1.89 bits per heavy atom. The Bertz CT molecular complexity index is 600. The fourth-order valence-corrected chi connectivity index (χ4v) is 1.61. The monoisotopic (exact) mass is 268 g/mol. The predicted molar refractivity (Wildman–Crippen MR) is 63.3 cm³/mol. The quantitative estimate of drug-likeness (QED) is 0.779. The van der Waals surface area contributed by atoms with E-state index in [0.717, 1.165) is 12.1 Å². The van der Waals surface area contributed by atoms with Gasteiger partial charge in [-0.05, 0) is 24.3 Å². The van der Waals surface area contributed by atoms with Gasteiger partial charge in [-0.3, -0.25) is 4.79 Å². The SMILES string of the molecule is O=Cc1c(Cl)cccc1Oc1ccc(F)cc1F. The van der Waals surface area contributed by atoms with Crippen molar-refractivity contribution in [3.63, 3.8) is 0 Å². The second-order valence-electron chi connectivity index (χ2n) is 3.45. The first-order chi connectivity index (χ1) is 8.61. The third-order valence-electron chi connectivity index (χ3n) is 2.24. The summed E-state index contributed by atoms with van der Waals surface area (Å²) in [6.07, 6.45) is 0.513. The van der Waals surface area contributed by atoms with Crippen LogP contribution in [0, 0.1) is 11.6 Å². The van der Waals surface area contributed by atoms with Gasteiger partial charge in [-0.2, -0.15) is 0 Å². The molecule has 0 aromatic heterocycles. The lowest BCUT2D eigenvalue weighted by Crippen LogP contribution is -1.94. The Labute approximate surface area is 107 Å². The molecule has 2 rings (SSSR count). The van der Waals surface area contributed by atoms with Crippen LogP contribution in [0.25, 0.3) is 0 Å². The molecule has 0 radical (unpaired) electrons. The Morgan fingerprint density at radius 1 is 1.11 bits per heavy atom. The lowest BCUT2D eigenvalue weighted by atomic mass is 10.2. The summed E-state index contributed by atoms with van der Waals surface area (Å²) in [4.78, 5) is 10.9. The van der Waals surface area contributed by atoms with Crippen molar-refractivity contribution < 1.29 is 18.3 Å². The van der Waals surface area contributed by atoms with E-state index in [-0.39, 0.29) is 22.1 Å². The van der Waals surface area contributed by atoms with Crippen LogP contribution in [0.5, 0.6) is 11.5 Å². The number of halogens is 3. The largest absolute Gasteiger partial charge is 0.453 e. The van der Waals surface area contributed by atoms with Crippen LogP contribution >= 0.6 is 11.6 Å². The second kappa shape index (κ2) is 5.14. The fraction of sp³-hybridized carbons (Fsp3) is 0. The van der Waals surface area contributed by atoms with Crippen molar-refractivity contribution >= 4 is 17.9 Å². The zero-order chi connectivity index (χ0) is 13.1. The van der Waals surface area contributed by atoms with Crippen LogP contribution in [-0.4, -0.2) is 6.29 Å².